The second kappa shape index (κ2) is 2.94. The number of aromatic nitrogens is 2. The number of rotatable bonds is 3. The number of ether oxygens (including phenoxy) is 1. The number of aryl methyl sites for hydroxylation is 2. The molecular weight excluding hydrogens is 166 g/mol. The van der Waals surface area contributed by atoms with E-state index in [2.05, 4.69) is 5.10 Å². The van der Waals surface area contributed by atoms with Crippen LogP contribution in [0, 0.1) is 0 Å². The smallest absolute Gasteiger partial charge is 0.236 e. The molecule has 13 heavy (non-hydrogen) atoms. The van der Waals surface area contributed by atoms with Gasteiger partial charge in [0, 0.05) is 7.05 Å². The molecule has 1 fully saturated rings. The van der Waals surface area contributed by atoms with Crippen LogP contribution in [-0.2, 0) is 13.5 Å². The Balaban J connectivity index is 2.25. The molecule has 1 aliphatic rings. The van der Waals surface area contributed by atoms with Crippen LogP contribution in [0.4, 0.5) is 5.69 Å². The summed E-state index contributed by atoms with van der Waals surface area (Å²) in [5.74, 6) is 0.736. The average molecular weight is 181 g/mol. The fraction of sp³-hybridized carbons (Fsp3) is 0.667. The predicted molar refractivity (Wildman–Crippen MR) is 50.6 cm³/mol. The minimum absolute atomic E-state index is 0.377. The van der Waals surface area contributed by atoms with Gasteiger partial charge < -0.3 is 10.5 Å². The number of anilines is 1. The maximum Gasteiger partial charge on any atom is 0.236 e. The van der Waals surface area contributed by atoms with E-state index in [1.54, 1.807) is 4.68 Å². The Labute approximate surface area is 77.7 Å². The van der Waals surface area contributed by atoms with E-state index in [-0.39, 0.29) is 0 Å². The normalized spacial score (nSPS) is 16.2. The molecule has 0 bridgehead atoms. The van der Waals surface area contributed by atoms with Crippen LogP contribution in [0.15, 0.2) is 0 Å². The first kappa shape index (κ1) is 8.41. The van der Waals surface area contributed by atoms with E-state index in [1.807, 2.05) is 14.0 Å². The van der Waals surface area contributed by atoms with Crippen molar-refractivity contribution >= 4 is 5.69 Å². The van der Waals surface area contributed by atoms with Crippen molar-refractivity contribution in [1.82, 2.24) is 9.78 Å². The molecular formula is C9H15N3O. The first-order chi connectivity index (χ1) is 6.22. The summed E-state index contributed by atoms with van der Waals surface area (Å²) < 4.78 is 7.37. The van der Waals surface area contributed by atoms with Gasteiger partial charge in [-0.15, -0.1) is 0 Å². The van der Waals surface area contributed by atoms with E-state index >= 15 is 0 Å². The first-order valence-electron chi connectivity index (χ1n) is 4.70. The van der Waals surface area contributed by atoms with Crippen LogP contribution in [0.3, 0.4) is 0 Å². The Bertz CT molecular complexity index is 315. The van der Waals surface area contributed by atoms with Gasteiger partial charge in [0.05, 0.1) is 5.69 Å². The van der Waals surface area contributed by atoms with E-state index in [9.17, 15) is 0 Å². The topological polar surface area (TPSA) is 53.1 Å². The highest BCUT2D eigenvalue weighted by Crippen LogP contribution is 2.31. The van der Waals surface area contributed by atoms with Gasteiger partial charge >= 0.3 is 0 Å². The summed E-state index contributed by atoms with van der Waals surface area (Å²) in [6.07, 6.45) is 3.52. The van der Waals surface area contributed by atoms with E-state index < -0.39 is 0 Å². The van der Waals surface area contributed by atoms with Crippen LogP contribution in [0.2, 0.25) is 0 Å². The van der Waals surface area contributed by atoms with E-state index in [1.165, 1.54) is 0 Å². The van der Waals surface area contributed by atoms with Crippen LogP contribution >= 0.6 is 0 Å². The highest BCUT2D eigenvalue weighted by Gasteiger charge is 2.26. The van der Waals surface area contributed by atoms with Crippen molar-refractivity contribution in [1.29, 1.82) is 0 Å². The Hall–Kier alpha value is -1.19. The van der Waals surface area contributed by atoms with Crippen LogP contribution < -0.4 is 10.5 Å². The molecule has 1 aromatic rings. The fourth-order valence-corrected chi connectivity index (χ4v) is 1.32. The molecule has 0 amide bonds. The molecule has 1 aliphatic carbocycles. The summed E-state index contributed by atoms with van der Waals surface area (Å²) in [6, 6.07) is 0. The van der Waals surface area contributed by atoms with Gasteiger partial charge in [-0.3, -0.25) is 0 Å². The van der Waals surface area contributed by atoms with Gasteiger partial charge in [-0.25, -0.2) is 4.68 Å². The quantitative estimate of drug-likeness (QED) is 0.759. The number of nitrogen functional groups attached to an aromatic ring is 1. The molecule has 0 radical (unpaired) electrons. The van der Waals surface area contributed by atoms with Crippen molar-refractivity contribution in [2.75, 3.05) is 5.73 Å². The summed E-state index contributed by atoms with van der Waals surface area (Å²) >= 11 is 0. The molecule has 0 saturated heterocycles. The second-order valence-electron chi connectivity index (χ2n) is 3.46. The molecule has 0 aliphatic heterocycles. The van der Waals surface area contributed by atoms with Crippen molar-refractivity contribution in [3.05, 3.63) is 5.69 Å². The fourth-order valence-electron chi connectivity index (χ4n) is 1.32. The maximum absolute atomic E-state index is 5.88. The Morgan fingerprint density at radius 2 is 2.31 bits per heavy atom. The van der Waals surface area contributed by atoms with Crippen molar-refractivity contribution in [2.24, 2.45) is 7.05 Å². The highest BCUT2D eigenvalue weighted by molar-refractivity contribution is 5.53. The lowest BCUT2D eigenvalue weighted by atomic mass is 10.3. The van der Waals surface area contributed by atoms with Gasteiger partial charge in [-0.05, 0) is 19.3 Å². The lowest BCUT2D eigenvalue weighted by Crippen LogP contribution is -2.03. The lowest BCUT2D eigenvalue weighted by Gasteiger charge is -2.04. The molecule has 1 aromatic heterocycles. The Kier molecular flexibility index (Phi) is 1.90. The van der Waals surface area contributed by atoms with Gasteiger partial charge in [0.25, 0.3) is 0 Å². The van der Waals surface area contributed by atoms with E-state index in [0.29, 0.717) is 11.8 Å². The third-order valence-electron chi connectivity index (χ3n) is 2.24. The van der Waals surface area contributed by atoms with Gasteiger partial charge in [0.15, 0.2) is 0 Å². The molecule has 1 heterocycles. The third kappa shape index (κ3) is 1.48. The molecule has 0 unspecified atom stereocenters. The standard InChI is InChI=1S/C9H15N3O/c1-3-7-8(10)9(12(2)11-7)13-6-4-5-6/h6H,3-5,10H2,1-2H3. The van der Waals surface area contributed by atoms with E-state index in [4.69, 9.17) is 10.5 Å². The average Bonchev–Trinajstić information content (AvgIpc) is 2.87. The number of hydrogen-bond acceptors (Lipinski definition) is 3. The van der Waals surface area contributed by atoms with Crippen molar-refractivity contribution in [2.45, 2.75) is 32.3 Å². The summed E-state index contributed by atoms with van der Waals surface area (Å²) in [4.78, 5) is 0. The zero-order valence-corrected chi connectivity index (χ0v) is 8.08. The molecule has 4 nitrogen and oxygen atoms in total. The van der Waals surface area contributed by atoms with Gasteiger partial charge in [-0.2, -0.15) is 5.10 Å². The summed E-state index contributed by atoms with van der Waals surface area (Å²) in [5.41, 5.74) is 7.52. The van der Waals surface area contributed by atoms with Crippen LogP contribution in [0.25, 0.3) is 0 Å². The molecule has 72 valence electrons. The summed E-state index contributed by atoms with van der Waals surface area (Å²) in [5, 5.41) is 4.28. The largest absolute Gasteiger partial charge is 0.473 e. The summed E-state index contributed by atoms with van der Waals surface area (Å²) in [6.45, 7) is 2.04. The first-order valence-corrected chi connectivity index (χ1v) is 4.70. The Morgan fingerprint density at radius 1 is 1.62 bits per heavy atom. The number of nitrogens with zero attached hydrogens (tertiary/aromatic N) is 2. The minimum atomic E-state index is 0.377. The molecule has 4 heteroatoms. The van der Waals surface area contributed by atoms with Crippen LogP contribution in [-0.4, -0.2) is 15.9 Å². The second-order valence-corrected chi connectivity index (χ2v) is 3.46. The molecule has 1 saturated carbocycles. The van der Waals surface area contributed by atoms with Gasteiger partial charge in [0.1, 0.15) is 11.8 Å². The van der Waals surface area contributed by atoms with Gasteiger partial charge in [-0.1, -0.05) is 6.92 Å². The zero-order valence-electron chi connectivity index (χ0n) is 8.08. The SMILES string of the molecule is CCc1nn(C)c(OC2CC2)c1N. The summed E-state index contributed by atoms with van der Waals surface area (Å²) in [7, 11) is 1.87. The number of hydrogen-bond donors (Lipinski definition) is 1. The van der Waals surface area contributed by atoms with Gasteiger partial charge in [0.2, 0.25) is 5.88 Å². The minimum Gasteiger partial charge on any atom is -0.473 e. The predicted octanol–water partition coefficient (Wildman–Crippen LogP) is 1.11. The van der Waals surface area contributed by atoms with Crippen molar-refractivity contribution in [3.8, 4) is 5.88 Å². The molecule has 2 rings (SSSR count). The Morgan fingerprint density at radius 3 is 2.77 bits per heavy atom. The molecule has 0 atom stereocenters. The van der Waals surface area contributed by atoms with E-state index in [0.717, 1.165) is 30.8 Å². The third-order valence-corrected chi connectivity index (χ3v) is 2.24. The lowest BCUT2D eigenvalue weighted by molar-refractivity contribution is 0.278. The van der Waals surface area contributed by atoms with Crippen LogP contribution in [0.1, 0.15) is 25.5 Å². The molecule has 0 aromatic carbocycles. The maximum atomic E-state index is 5.88. The monoisotopic (exact) mass is 181 g/mol. The van der Waals surface area contributed by atoms with Crippen molar-refractivity contribution < 1.29 is 4.74 Å². The zero-order chi connectivity index (χ0) is 9.42. The van der Waals surface area contributed by atoms with Crippen LogP contribution in [0.5, 0.6) is 5.88 Å². The highest BCUT2D eigenvalue weighted by atomic mass is 16.5. The van der Waals surface area contributed by atoms with Crippen molar-refractivity contribution in [3.63, 3.8) is 0 Å². The number of nitrogens with two attached hydrogens (primary N) is 1. The molecule has 2 N–H and O–H groups in total. The molecule has 0 spiro atoms.